The van der Waals surface area contributed by atoms with Gasteiger partial charge in [0.2, 0.25) is 10.0 Å². The van der Waals surface area contributed by atoms with Crippen molar-refractivity contribution in [1.82, 2.24) is 9.71 Å². The van der Waals surface area contributed by atoms with Gasteiger partial charge in [-0.2, -0.15) is 0 Å². The first-order chi connectivity index (χ1) is 16.4. The summed E-state index contributed by atoms with van der Waals surface area (Å²) in [5, 5.41) is 5.74. The molecule has 4 aromatic rings. The molecule has 174 valence electrons. The second-order valence-corrected chi connectivity index (χ2v) is 10.3. The van der Waals surface area contributed by atoms with Crippen molar-refractivity contribution in [3.63, 3.8) is 0 Å². The van der Waals surface area contributed by atoms with Gasteiger partial charge in [-0.25, -0.2) is 18.1 Å². The number of thiazole rings is 1. The molecule has 0 saturated heterocycles. The number of hydrogen-bond acceptors (Lipinski definition) is 6. The molecule has 0 bridgehead atoms. The summed E-state index contributed by atoms with van der Waals surface area (Å²) >= 11 is 1.55. The molecule has 0 aliphatic carbocycles. The Balaban J connectivity index is 1.55. The maximum absolute atomic E-state index is 13.0. The monoisotopic (exact) mass is 493 g/mol. The number of ether oxygens (including phenoxy) is 1. The van der Waals surface area contributed by atoms with Gasteiger partial charge in [0.1, 0.15) is 10.6 Å². The molecule has 0 atom stereocenters. The summed E-state index contributed by atoms with van der Waals surface area (Å²) in [5.74, 6) is -0.285. The molecule has 3 aromatic carbocycles. The van der Waals surface area contributed by atoms with E-state index in [0.29, 0.717) is 5.69 Å². The van der Waals surface area contributed by atoms with Crippen LogP contribution in [0.1, 0.15) is 20.9 Å². The Hall–Kier alpha value is -3.53. The minimum atomic E-state index is -3.93. The van der Waals surface area contributed by atoms with E-state index in [0.717, 1.165) is 21.8 Å². The molecule has 0 fully saturated rings. The molecule has 0 aliphatic heterocycles. The highest BCUT2D eigenvalue weighted by atomic mass is 32.2. The number of aryl methyl sites for hydroxylation is 1. The summed E-state index contributed by atoms with van der Waals surface area (Å²) in [6, 6.07) is 20.8. The molecule has 0 unspecified atom stereocenters. The molecule has 1 aromatic heterocycles. The summed E-state index contributed by atoms with van der Waals surface area (Å²) in [6.45, 7) is 2.05. The van der Waals surface area contributed by atoms with E-state index in [4.69, 9.17) is 4.74 Å². The number of methoxy groups -OCH3 is 1. The smallest absolute Gasteiger partial charge is 0.255 e. The number of carbonyl (C=O) groups excluding carboxylic acids is 1. The largest absolute Gasteiger partial charge is 0.495 e. The van der Waals surface area contributed by atoms with Gasteiger partial charge in [-0.3, -0.25) is 4.79 Å². The van der Waals surface area contributed by atoms with Crippen LogP contribution >= 0.6 is 11.3 Å². The number of nitrogens with one attached hydrogen (secondary N) is 2. The van der Waals surface area contributed by atoms with Crippen molar-refractivity contribution in [2.45, 2.75) is 18.4 Å². The zero-order valence-electron chi connectivity index (χ0n) is 18.6. The van der Waals surface area contributed by atoms with Gasteiger partial charge >= 0.3 is 0 Å². The molecule has 9 heteroatoms. The van der Waals surface area contributed by atoms with Crippen molar-refractivity contribution in [1.29, 1.82) is 0 Å². The molecule has 1 heterocycles. The third-order valence-electron chi connectivity index (χ3n) is 5.06. The number of aromatic nitrogens is 1. The van der Waals surface area contributed by atoms with Crippen LogP contribution in [0.4, 0.5) is 5.69 Å². The molecule has 0 radical (unpaired) electrons. The van der Waals surface area contributed by atoms with Crippen LogP contribution in [-0.2, 0) is 16.6 Å². The van der Waals surface area contributed by atoms with Gasteiger partial charge in [0.25, 0.3) is 5.91 Å². The summed E-state index contributed by atoms with van der Waals surface area (Å²) in [6.07, 6.45) is 0. The number of sulfonamides is 1. The zero-order chi connectivity index (χ0) is 24.1. The molecule has 2 N–H and O–H groups in total. The highest BCUT2D eigenvalue weighted by Crippen LogP contribution is 2.27. The van der Waals surface area contributed by atoms with Crippen molar-refractivity contribution < 1.29 is 17.9 Å². The van der Waals surface area contributed by atoms with Gasteiger partial charge in [0, 0.05) is 28.7 Å². The van der Waals surface area contributed by atoms with E-state index in [2.05, 4.69) is 15.0 Å². The van der Waals surface area contributed by atoms with Crippen LogP contribution in [-0.4, -0.2) is 26.4 Å². The predicted octanol–water partition coefficient (Wildman–Crippen LogP) is 4.86. The van der Waals surface area contributed by atoms with E-state index in [1.54, 1.807) is 17.4 Å². The van der Waals surface area contributed by atoms with Crippen molar-refractivity contribution in [3.05, 3.63) is 94.3 Å². The van der Waals surface area contributed by atoms with Crippen LogP contribution in [0.5, 0.6) is 5.75 Å². The molecule has 0 aliphatic rings. The van der Waals surface area contributed by atoms with Gasteiger partial charge in [0.15, 0.2) is 0 Å². The Bertz CT molecular complexity index is 1420. The SMILES string of the molecule is COc1ccc(C(=O)Nc2cccc(-c3csc(C)n3)c2)cc1S(=O)(=O)NCc1ccccc1. The van der Waals surface area contributed by atoms with E-state index >= 15 is 0 Å². The fourth-order valence-electron chi connectivity index (χ4n) is 3.34. The highest BCUT2D eigenvalue weighted by Gasteiger charge is 2.22. The molecule has 0 spiro atoms. The lowest BCUT2D eigenvalue weighted by atomic mass is 10.1. The first kappa shape index (κ1) is 23.6. The zero-order valence-corrected chi connectivity index (χ0v) is 20.2. The molecular formula is C25H23N3O4S2. The van der Waals surface area contributed by atoms with Gasteiger partial charge in [-0.15, -0.1) is 11.3 Å². The Morgan fingerprint density at radius 3 is 2.53 bits per heavy atom. The topological polar surface area (TPSA) is 97.4 Å². The Morgan fingerprint density at radius 2 is 1.82 bits per heavy atom. The van der Waals surface area contributed by atoms with Crippen molar-refractivity contribution in [2.24, 2.45) is 0 Å². The molecule has 0 saturated carbocycles. The first-order valence-corrected chi connectivity index (χ1v) is 12.8. The maximum Gasteiger partial charge on any atom is 0.255 e. The lowest BCUT2D eigenvalue weighted by Gasteiger charge is -2.13. The Morgan fingerprint density at radius 1 is 1.03 bits per heavy atom. The predicted molar refractivity (Wildman–Crippen MR) is 134 cm³/mol. The summed E-state index contributed by atoms with van der Waals surface area (Å²) in [4.78, 5) is 17.3. The van der Waals surface area contributed by atoms with E-state index in [1.807, 2.05) is 60.8 Å². The van der Waals surface area contributed by atoms with E-state index in [1.165, 1.54) is 25.3 Å². The van der Waals surface area contributed by atoms with Crippen LogP contribution < -0.4 is 14.8 Å². The third-order valence-corrected chi connectivity index (χ3v) is 7.26. The normalized spacial score (nSPS) is 11.2. The quantitative estimate of drug-likeness (QED) is 0.365. The Kier molecular flexibility index (Phi) is 7.06. The number of anilines is 1. The number of carbonyl (C=O) groups is 1. The van der Waals surface area contributed by atoms with E-state index < -0.39 is 15.9 Å². The van der Waals surface area contributed by atoms with Gasteiger partial charge < -0.3 is 10.1 Å². The van der Waals surface area contributed by atoms with Gasteiger partial charge in [-0.1, -0.05) is 42.5 Å². The number of rotatable bonds is 8. The number of amides is 1. The molecular weight excluding hydrogens is 470 g/mol. The summed E-state index contributed by atoms with van der Waals surface area (Å²) in [7, 11) is -2.55. The first-order valence-electron chi connectivity index (χ1n) is 10.4. The average Bonchev–Trinajstić information content (AvgIpc) is 3.29. The second-order valence-electron chi connectivity index (χ2n) is 7.46. The second kappa shape index (κ2) is 10.2. The van der Waals surface area contributed by atoms with E-state index in [9.17, 15) is 13.2 Å². The Labute approximate surface area is 202 Å². The minimum absolute atomic E-state index is 0.106. The van der Waals surface area contributed by atoms with Crippen LogP contribution in [0.15, 0.2) is 83.1 Å². The van der Waals surface area contributed by atoms with Crippen molar-refractivity contribution in [3.8, 4) is 17.0 Å². The molecule has 4 rings (SSSR count). The van der Waals surface area contributed by atoms with Crippen molar-refractivity contribution >= 4 is 33.0 Å². The summed E-state index contributed by atoms with van der Waals surface area (Å²) < 4.78 is 33.8. The maximum atomic E-state index is 13.0. The fourth-order valence-corrected chi connectivity index (χ4v) is 5.17. The number of nitrogens with zero attached hydrogens (tertiary/aromatic N) is 1. The van der Waals surface area contributed by atoms with Crippen LogP contribution in [0.3, 0.4) is 0 Å². The van der Waals surface area contributed by atoms with Crippen LogP contribution in [0, 0.1) is 6.92 Å². The number of benzene rings is 3. The third kappa shape index (κ3) is 5.51. The standard InChI is InChI=1S/C25H23N3O4S2/c1-17-27-22(16-33-17)19-9-6-10-21(13-19)28-25(29)20-11-12-23(32-2)24(14-20)34(30,31)26-15-18-7-4-3-5-8-18/h3-14,16,26H,15H2,1-2H3,(H,28,29). The molecule has 7 nitrogen and oxygen atoms in total. The minimum Gasteiger partial charge on any atom is -0.495 e. The fraction of sp³-hybridized carbons (Fsp3) is 0.120. The average molecular weight is 494 g/mol. The van der Waals surface area contributed by atoms with Crippen molar-refractivity contribution in [2.75, 3.05) is 12.4 Å². The van der Waals surface area contributed by atoms with Gasteiger partial charge in [0.05, 0.1) is 17.8 Å². The van der Waals surface area contributed by atoms with Crippen LogP contribution in [0.25, 0.3) is 11.3 Å². The summed E-state index contributed by atoms with van der Waals surface area (Å²) in [5.41, 5.74) is 3.30. The lowest BCUT2D eigenvalue weighted by Crippen LogP contribution is -2.24. The molecule has 34 heavy (non-hydrogen) atoms. The van der Waals surface area contributed by atoms with Crippen LogP contribution in [0.2, 0.25) is 0 Å². The molecule has 1 amide bonds. The highest BCUT2D eigenvalue weighted by molar-refractivity contribution is 7.89. The number of hydrogen-bond donors (Lipinski definition) is 2. The van der Waals surface area contributed by atoms with Gasteiger partial charge in [-0.05, 0) is 42.8 Å². The lowest BCUT2D eigenvalue weighted by molar-refractivity contribution is 0.102. The van der Waals surface area contributed by atoms with E-state index in [-0.39, 0.29) is 22.8 Å².